The van der Waals surface area contributed by atoms with Gasteiger partial charge in [0.15, 0.2) is 0 Å². The zero-order valence-corrected chi connectivity index (χ0v) is 11.3. The average Bonchev–Trinajstić information content (AvgIpc) is 2.69. The van der Waals surface area contributed by atoms with Gasteiger partial charge in [-0.3, -0.25) is 19.4 Å². The molecule has 108 valence electrons. The minimum absolute atomic E-state index is 0.124. The van der Waals surface area contributed by atoms with Crippen molar-refractivity contribution in [3.8, 4) is 0 Å². The summed E-state index contributed by atoms with van der Waals surface area (Å²) in [6, 6.07) is 0.326. The Morgan fingerprint density at radius 1 is 1.26 bits per heavy atom. The van der Waals surface area contributed by atoms with Crippen molar-refractivity contribution < 1.29 is 14.7 Å². The molecule has 0 aromatic carbocycles. The molecule has 0 aliphatic carbocycles. The van der Waals surface area contributed by atoms with Crippen molar-refractivity contribution in [1.82, 2.24) is 15.1 Å². The Morgan fingerprint density at radius 2 is 2.11 bits per heavy atom. The molecule has 0 spiro atoms. The predicted molar refractivity (Wildman–Crippen MR) is 70.9 cm³/mol. The molecule has 2 aliphatic rings. The van der Waals surface area contributed by atoms with E-state index >= 15 is 0 Å². The second-order valence-electron chi connectivity index (χ2n) is 5.41. The first-order chi connectivity index (χ1) is 9.15. The van der Waals surface area contributed by atoms with E-state index in [1.54, 1.807) is 0 Å². The summed E-state index contributed by atoms with van der Waals surface area (Å²) in [5.41, 5.74) is 0. The molecule has 2 heterocycles. The normalized spacial score (nSPS) is 27.4. The number of hydrogen-bond acceptors (Lipinski definition) is 4. The van der Waals surface area contributed by atoms with Crippen molar-refractivity contribution in [2.24, 2.45) is 0 Å². The summed E-state index contributed by atoms with van der Waals surface area (Å²) >= 11 is 0. The Morgan fingerprint density at radius 3 is 2.89 bits per heavy atom. The van der Waals surface area contributed by atoms with Gasteiger partial charge in [0, 0.05) is 38.6 Å². The SMILES string of the molecule is O=C(O)CN1CCCN(C2CCCNC(=O)C2)CC1. The molecule has 2 N–H and O–H groups in total. The fourth-order valence-corrected chi connectivity index (χ4v) is 2.97. The second kappa shape index (κ2) is 6.86. The number of rotatable bonds is 3. The molecule has 2 fully saturated rings. The number of nitrogens with zero attached hydrogens (tertiary/aromatic N) is 2. The second-order valence-corrected chi connectivity index (χ2v) is 5.41. The Kier molecular flexibility index (Phi) is 5.15. The molecule has 0 radical (unpaired) electrons. The lowest BCUT2D eigenvalue weighted by atomic mass is 10.1. The highest BCUT2D eigenvalue weighted by Gasteiger charge is 2.25. The van der Waals surface area contributed by atoms with Crippen molar-refractivity contribution in [2.75, 3.05) is 39.3 Å². The maximum absolute atomic E-state index is 11.6. The lowest BCUT2D eigenvalue weighted by molar-refractivity contribution is -0.138. The number of carbonyl (C=O) groups is 2. The molecular formula is C13H23N3O3. The molecule has 0 aromatic rings. The molecule has 1 amide bonds. The van der Waals surface area contributed by atoms with Crippen LogP contribution in [0.5, 0.6) is 0 Å². The van der Waals surface area contributed by atoms with E-state index in [1.807, 2.05) is 4.90 Å². The molecule has 0 bridgehead atoms. The number of carboxylic acid groups (broad SMARTS) is 1. The van der Waals surface area contributed by atoms with Gasteiger partial charge < -0.3 is 10.4 Å². The lowest BCUT2D eigenvalue weighted by Gasteiger charge is -2.29. The largest absolute Gasteiger partial charge is 0.480 e. The van der Waals surface area contributed by atoms with Crippen LogP contribution in [0.3, 0.4) is 0 Å². The number of amides is 1. The van der Waals surface area contributed by atoms with Crippen molar-refractivity contribution in [2.45, 2.75) is 31.7 Å². The van der Waals surface area contributed by atoms with Crippen LogP contribution in [0.2, 0.25) is 0 Å². The Hall–Kier alpha value is -1.14. The molecule has 6 heteroatoms. The average molecular weight is 269 g/mol. The van der Waals surface area contributed by atoms with E-state index in [0.29, 0.717) is 12.5 Å². The number of aliphatic carboxylic acids is 1. The van der Waals surface area contributed by atoms with Gasteiger partial charge in [0.05, 0.1) is 6.54 Å². The first-order valence-electron chi connectivity index (χ1n) is 7.10. The van der Waals surface area contributed by atoms with Gasteiger partial charge in [0.2, 0.25) is 5.91 Å². The van der Waals surface area contributed by atoms with Crippen LogP contribution >= 0.6 is 0 Å². The van der Waals surface area contributed by atoms with Gasteiger partial charge in [-0.2, -0.15) is 0 Å². The van der Waals surface area contributed by atoms with Crippen LogP contribution in [-0.4, -0.2) is 72.1 Å². The van der Waals surface area contributed by atoms with Crippen LogP contribution < -0.4 is 5.32 Å². The summed E-state index contributed by atoms with van der Waals surface area (Å²) < 4.78 is 0. The van der Waals surface area contributed by atoms with Crippen molar-refractivity contribution in [3.63, 3.8) is 0 Å². The van der Waals surface area contributed by atoms with E-state index in [0.717, 1.165) is 52.0 Å². The van der Waals surface area contributed by atoms with Crippen LogP contribution in [0.1, 0.15) is 25.7 Å². The fraction of sp³-hybridized carbons (Fsp3) is 0.846. The highest BCUT2D eigenvalue weighted by atomic mass is 16.4. The van der Waals surface area contributed by atoms with E-state index < -0.39 is 5.97 Å². The third-order valence-electron chi connectivity index (χ3n) is 3.96. The highest BCUT2D eigenvalue weighted by Crippen LogP contribution is 2.16. The van der Waals surface area contributed by atoms with Crippen molar-refractivity contribution >= 4 is 11.9 Å². The van der Waals surface area contributed by atoms with Crippen molar-refractivity contribution in [3.05, 3.63) is 0 Å². The molecule has 6 nitrogen and oxygen atoms in total. The maximum Gasteiger partial charge on any atom is 0.317 e. The van der Waals surface area contributed by atoms with Gasteiger partial charge in [0.25, 0.3) is 0 Å². The molecule has 1 atom stereocenters. The van der Waals surface area contributed by atoms with Crippen LogP contribution in [-0.2, 0) is 9.59 Å². The monoisotopic (exact) mass is 269 g/mol. The third-order valence-corrected chi connectivity index (χ3v) is 3.96. The van der Waals surface area contributed by atoms with Crippen LogP contribution in [0.4, 0.5) is 0 Å². The third kappa shape index (κ3) is 4.47. The van der Waals surface area contributed by atoms with Gasteiger partial charge in [-0.25, -0.2) is 0 Å². The van der Waals surface area contributed by atoms with Gasteiger partial charge in [0.1, 0.15) is 0 Å². The summed E-state index contributed by atoms with van der Waals surface area (Å²) in [6.45, 7) is 4.36. The maximum atomic E-state index is 11.6. The molecular weight excluding hydrogens is 246 g/mol. The standard InChI is InChI=1S/C13H23N3O3/c17-12-9-11(3-1-4-14-12)16-6-2-5-15(7-8-16)10-13(18)19/h11H,1-10H2,(H,14,17)(H,18,19). The van der Waals surface area contributed by atoms with Crippen LogP contribution in [0, 0.1) is 0 Å². The minimum atomic E-state index is -0.762. The zero-order valence-electron chi connectivity index (χ0n) is 11.3. The first-order valence-corrected chi connectivity index (χ1v) is 7.10. The summed E-state index contributed by atoms with van der Waals surface area (Å²) in [5, 5.41) is 11.7. The highest BCUT2D eigenvalue weighted by molar-refractivity contribution is 5.76. The van der Waals surface area contributed by atoms with E-state index in [4.69, 9.17) is 5.11 Å². The molecule has 1 unspecified atom stereocenters. The number of carbonyl (C=O) groups excluding carboxylic acids is 1. The van der Waals surface area contributed by atoms with Gasteiger partial charge in [-0.05, 0) is 25.8 Å². The summed E-state index contributed by atoms with van der Waals surface area (Å²) in [6.07, 6.45) is 3.65. The molecule has 19 heavy (non-hydrogen) atoms. The van der Waals surface area contributed by atoms with E-state index in [9.17, 15) is 9.59 Å². The number of nitrogens with one attached hydrogen (secondary N) is 1. The molecule has 0 saturated carbocycles. The van der Waals surface area contributed by atoms with E-state index in [1.165, 1.54) is 0 Å². The Labute approximate surface area is 113 Å². The lowest BCUT2D eigenvalue weighted by Crippen LogP contribution is -2.40. The van der Waals surface area contributed by atoms with Crippen LogP contribution in [0.15, 0.2) is 0 Å². The summed E-state index contributed by atoms with van der Waals surface area (Å²) in [4.78, 5) is 26.7. The smallest absolute Gasteiger partial charge is 0.317 e. The summed E-state index contributed by atoms with van der Waals surface area (Å²) in [7, 11) is 0. The van der Waals surface area contributed by atoms with Crippen LogP contribution in [0.25, 0.3) is 0 Å². The summed E-state index contributed by atoms with van der Waals surface area (Å²) in [5.74, 6) is -0.614. The van der Waals surface area contributed by atoms with Gasteiger partial charge in [-0.15, -0.1) is 0 Å². The topological polar surface area (TPSA) is 72.9 Å². The molecule has 2 rings (SSSR count). The number of hydrogen-bond donors (Lipinski definition) is 2. The first kappa shape index (κ1) is 14.3. The quantitative estimate of drug-likeness (QED) is 0.739. The van der Waals surface area contributed by atoms with Crippen molar-refractivity contribution in [1.29, 1.82) is 0 Å². The molecule has 2 saturated heterocycles. The zero-order chi connectivity index (χ0) is 13.7. The molecule has 0 aromatic heterocycles. The minimum Gasteiger partial charge on any atom is -0.480 e. The number of carboxylic acids is 1. The Balaban J connectivity index is 1.87. The Bertz CT molecular complexity index is 335. The predicted octanol–water partition coefficient (Wildman–Crippen LogP) is -0.253. The molecule has 2 aliphatic heterocycles. The van der Waals surface area contributed by atoms with Gasteiger partial charge >= 0.3 is 5.97 Å². The van der Waals surface area contributed by atoms with E-state index in [2.05, 4.69) is 10.2 Å². The fourth-order valence-electron chi connectivity index (χ4n) is 2.97. The van der Waals surface area contributed by atoms with Gasteiger partial charge in [-0.1, -0.05) is 0 Å². The van der Waals surface area contributed by atoms with E-state index in [-0.39, 0.29) is 12.5 Å².